The van der Waals surface area contributed by atoms with Gasteiger partial charge in [0, 0.05) is 30.5 Å². The summed E-state index contributed by atoms with van der Waals surface area (Å²) in [5.41, 5.74) is 0.938. The number of hydrogen-bond donors (Lipinski definition) is 3. The molecule has 1 heterocycles. The SMILES string of the molecule is COCC1(C(=O)Nc2ccc(C(=O)NCc3ccccc3F)cc2)CCNCC1.Cl. The predicted octanol–water partition coefficient (Wildman–Crippen LogP) is 3.13. The number of methoxy groups -OCH3 is 1. The van der Waals surface area contributed by atoms with E-state index in [9.17, 15) is 14.0 Å². The summed E-state index contributed by atoms with van der Waals surface area (Å²) in [5.74, 6) is -0.730. The summed E-state index contributed by atoms with van der Waals surface area (Å²) in [5, 5.41) is 8.90. The molecule has 0 aliphatic carbocycles. The minimum absolute atomic E-state index is 0. The van der Waals surface area contributed by atoms with Gasteiger partial charge < -0.3 is 20.7 Å². The molecule has 0 spiro atoms. The quantitative estimate of drug-likeness (QED) is 0.624. The Labute approximate surface area is 182 Å². The molecule has 2 aromatic carbocycles. The highest BCUT2D eigenvalue weighted by molar-refractivity contribution is 5.97. The van der Waals surface area contributed by atoms with Crippen LogP contribution in [-0.2, 0) is 16.1 Å². The van der Waals surface area contributed by atoms with Gasteiger partial charge in [-0.2, -0.15) is 0 Å². The van der Waals surface area contributed by atoms with Crippen LogP contribution in [0.1, 0.15) is 28.8 Å². The molecule has 3 rings (SSSR count). The van der Waals surface area contributed by atoms with E-state index in [1.807, 2.05) is 0 Å². The summed E-state index contributed by atoms with van der Waals surface area (Å²) < 4.78 is 18.9. The first-order valence-corrected chi connectivity index (χ1v) is 9.67. The molecule has 1 saturated heterocycles. The fourth-order valence-corrected chi connectivity index (χ4v) is 3.51. The van der Waals surface area contributed by atoms with Crippen molar-refractivity contribution in [2.75, 3.05) is 32.1 Å². The molecule has 8 heteroatoms. The van der Waals surface area contributed by atoms with Crippen molar-refractivity contribution >= 4 is 29.9 Å². The molecule has 6 nitrogen and oxygen atoms in total. The number of ether oxygens (including phenoxy) is 1. The van der Waals surface area contributed by atoms with Crippen LogP contribution in [0.4, 0.5) is 10.1 Å². The van der Waals surface area contributed by atoms with Crippen LogP contribution in [0.15, 0.2) is 48.5 Å². The fourth-order valence-electron chi connectivity index (χ4n) is 3.51. The summed E-state index contributed by atoms with van der Waals surface area (Å²) in [7, 11) is 1.60. The number of hydrogen-bond acceptors (Lipinski definition) is 4. The first-order valence-electron chi connectivity index (χ1n) is 9.67. The van der Waals surface area contributed by atoms with Crippen LogP contribution in [0.3, 0.4) is 0 Å². The van der Waals surface area contributed by atoms with Crippen molar-refractivity contribution in [1.82, 2.24) is 10.6 Å². The van der Waals surface area contributed by atoms with Gasteiger partial charge in [0.2, 0.25) is 5.91 Å². The van der Waals surface area contributed by atoms with Crippen molar-refractivity contribution in [3.05, 3.63) is 65.5 Å². The number of halogens is 2. The van der Waals surface area contributed by atoms with Crippen LogP contribution in [0, 0.1) is 11.2 Å². The second kappa shape index (κ2) is 11.1. The number of rotatable bonds is 7. The van der Waals surface area contributed by atoms with Crippen LogP contribution in [0.25, 0.3) is 0 Å². The Morgan fingerprint density at radius 3 is 2.40 bits per heavy atom. The average Bonchev–Trinajstić information content (AvgIpc) is 2.74. The molecule has 30 heavy (non-hydrogen) atoms. The lowest BCUT2D eigenvalue weighted by molar-refractivity contribution is -0.130. The maximum Gasteiger partial charge on any atom is 0.251 e. The molecule has 0 atom stereocenters. The molecule has 2 aromatic rings. The number of nitrogens with one attached hydrogen (secondary N) is 3. The maximum atomic E-state index is 13.7. The van der Waals surface area contributed by atoms with E-state index in [1.165, 1.54) is 6.07 Å². The molecule has 1 aliphatic rings. The third kappa shape index (κ3) is 5.78. The lowest BCUT2D eigenvalue weighted by Crippen LogP contribution is -2.47. The molecule has 3 N–H and O–H groups in total. The van der Waals surface area contributed by atoms with E-state index in [1.54, 1.807) is 49.6 Å². The molecule has 0 unspecified atom stereocenters. The number of carbonyl (C=O) groups is 2. The van der Waals surface area contributed by atoms with E-state index in [-0.39, 0.29) is 36.6 Å². The summed E-state index contributed by atoms with van der Waals surface area (Å²) in [6.07, 6.45) is 1.42. The monoisotopic (exact) mass is 435 g/mol. The van der Waals surface area contributed by atoms with Gasteiger partial charge in [0.05, 0.1) is 12.0 Å². The third-order valence-electron chi connectivity index (χ3n) is 5.27. The summed E-state index contributed by atoms with van der Waals surface area (Å²) >= 11 is 0. The number of anilines is 1. The molecule has 1 fully saturated rings. The van der Waals surface area contributed by atoms with E-state index >= 15 is 0 Å². The molecule has 0 bridgehead atoms. The maximum absolute atomic E-state index is 13.7. The van der Waals surface area contributed by atoms with Gasteiger partial charge in [-0.3, -0.25) is 9.59 Å². The van der Waals surface area contributed by atoms with E-state index in [0.717, 1.165) is 13.1 Å². The van der Waals surface area contributed by atoms with Crippen LogP contribution >= 0.6 is 12.4 Å². The van der Waals surface area contributed by atoms with Crippen LogP contribution in [-0.4, -0.2) is 38.6 Å². The van der Waals surface area contributed by atoms with Gasteiger partial charge in [0.25, 0.3) is 5.91 Å². The Hall–Kier alpha value is -2.48. The summed E-state index contributed by atoms with van der Waals surface area (Å²) in [6, 6.07) is 13.0. The van der Waals surface area contributed by atoms with Gasteiger partial charge in [-0.05, 0) is 56.3 Å². The molecule has 2 amide bonds. The van der Waals surface area contributed by atoms with Gasteiger partial charge in [0.1, 0.15) is 5.82 Å². The van der Waals surface area contributed by atoms with Crippen LogP contribution < -0.4 is 16.0 Å². The van der Waals surface area contributed by atoms with Crippen molar-refractivity contribution < 1.29 is 18.7 Å². The van der Waals surface area contributed by atoms with Crippen molar-refractivity contribution in [2.45, 2.75) is 19.4 Å². The minimum Gasteiger partial charge on any atom is -0.384 e. The Morgan fingerprint density at radius 1 is 1.10 bits per heavy atom. The predicted molar refractivity (Wildman–Crippen MR) is 116 cm³/mol. The van der Waals surface area contributed by atoms with Gasteiger partial charge in [-0.25, -0.2) is 4.39 Å². The van der Waals surface area contributed by atoms with E-state index in [0.29, 0.717) is 36.3 Å². The molecule has 1 aliphatic heterocycles. The summed E-state index contributed by atoms with van der Waals surface area (Å²) in [4.78, 5) is 25.2. The van der Waals surface area contributed by atoms with Crippen molar-refractivity contribution in [1.29, 1.82) is 0 Å². The molecular weight excluding hydrogens is 409 g/mol. The number of carbonyl (C=O) groups excluding carboxylic acids is 2. The van der Waals surface area contributed by atoms with Crippen LogP contribution in [0.2, 0.25) is 0 Å². The highest BCUT2D eigenvalue weighted by Crippen LogP contribution is 2.31. The van der Waals surface area contributed by atoms with E-state index < -0.39 is 5.41 Å². The Bertz CT molecular complexity index is 849. The lowest BCUT2D eigenvalue weighted by Gasteiger charge is -2.35. The first-order chi connectivity index (χ1) is 14.0. The van der Waals surface area contributed by atoms with Crippen molar-refractivity contribution in [2.24, 2.45) is 5.41 Å². The van der Waals surface area contributed by atoms with Gasteiger partial charge >= 0.3 is 0 Å². The fraction of sp³-hybridized carbons (Fsp3) is 0.364. The first kappa shape index (κ1) is 23.8. The largest absolute Gasteiger partial charge is 0.384 e. The zero-order valence-electron chi connectivity index (χ0n) is 16.9. The zero-order valence-corrected chi connectivity index (χ0v) is 17.7. The number of benzene rings is 2. The highest BCUT2D eigenvalue weighted by atomic mass is 35.5. The Kier molecular flexibility index (Phi) is 8.77. The highest BCUT2D eigenvalue weighted by Gasteiger charge is 2.39. The van der Waals surface area contributed by atoms with E-state index in [4.69, 9.17) is 4.74 Å². The second-order valence-corrected chi connectivity index (χ2v) is 7.27. The molecule has 0 radical (unpaired) electrons. The van der Waals surface area contributed by atoms with Gasteiger partial charge in [-0.1, -0.05) is 18.2 Å². The van der Waals surface area contributed by atoms with Crippen LogP contribution in [0.5, 0.6) is 0 Å². The summed E-state index contributed by atoms with van der Waals surface area (Å²) in [6.45, 7) is 2.03. The third-order valence-corrected chi connectivity index (χ3v) is 5.27. The van der Waals surface area contributed by atoms with Gasteiger partial charge in [0.15, 0.2) is 0 Å². The Balaban J connectivity index is 0.00000320. The minimum atomic E-state index is -0.546. The second-order valence-electron chi connectivity index (χ2n) is 7.27. The molecule has 0 aromatic heterocycles. The Morgan fingerprint density at radius 2 is 1.77 bits per heavy atom. The molecule has 162 valence electrons. The zero-order chi connectivity index (χ0) is 20.7. The average molecular weight is 436 g/mol. The lowest BCUT2D eigenvalue weighted by atomic mass is 9.78. The topological polar surface area (TPSA) is 79.5 Å². The standard InChI is InChI=1S/C22H26FN3O3.ClH/c1-29-15-22(10-12-24-13-11-22)21(28)26-18-8-6-16(7-9-18)20(27)25-14-17-4-2-3-5-19(17)23;/h2-9,24H,10-15H2,1H3,(H,25,27)(H,26,28);1H. The number of amides is 2. The van der Waals surface area contributed by atoms with Crippen molar-refractivity contribution in [3.8, 4) is 0 Å². The normalized spacial score (nSPS) is 15.0. The molecular formula is C22H27ClFN3O3. The number of piperidine rings is 1. The van der Waals surface area contributed by atoms with E-state index in [2.05, 4.69) is 16.0 Å². The van der Waals surface area contributed by atoms with Gasteiger partial charge in [-0.15, -0.1) is 12.4 Å². The molecule has 0 saturated carbocycles. The van der Waals surface area contributed by atoms with Crippen molar-refractivity contribution in [3.63, 3.8) is 0 Å². The smallest absolute Gasteiger partial charge is 0.251 e.